The number of carbonyl (C=O) groups excluding carboxylic acids is 1. The number of amides is 1. The molecule has 1 aromatic heterocycles. The van der Waals surface area contributed by atoms with Crippen molar-refractivity contribution in [1.29, 1.82) is 0 Å². The van der Waals surface area contributed by atoms with Gasteiger partial charge in [0.1, 0.15) is 11.6 Å². The topological polar surface area (TPSA) is 93.5 Å². The maximum absolute atomic E-state index is 13.1. The molecular formula is C26H26N4O4S. The summed E-state index contributed by atoms with van der Waals surface area (Å²) in [5.41, 5.74) is 2.97. The lowest BCUT2D eigenvalue weighted by Crippen LogP contribution is -2.27. The van der Waals surface area contributed by atoms with Gasteiger partial charge in [0.05, 0.1) is 30.4 Å². The summed E-state index contributed by atoms with van der Waals surface area (Å²) in [7, 11) is -0.907. The monoisotopic (exact) mass is 490 g/mol. The quantitative estimate of drug-likeness (QED) is 0.397. The molecule has 0 fully saturated rings. The molecule has 0 unspecified atom stereocenters. The number of ether oxygens (including phenoxy) is 1. The van der Waals surface area contributed by atoms with Crippen LogP contribution in [0.5, 0.6) is 5.75 Å². The molecule has 0 aliphatic rings. The van der Waals surface area contributed by atoms with Crippen LogP contribution < -0.4 is 14.4 Å². The van der Waals surface area contributed by atoms with Crippen molar-refractivity contribution in [2.45, 2.75) is 18.4 Å². The molecule has 0 atom stereocenters. The summed E-state index contributed by atoms with van der Waals surface area (Å²) in [5, 5.41) is 7.14. The first-order chi connectivity index (χ1) is 16.8. The Bertz CT molecular complexity index is 1430. The highest BCUT2D eigenvalue weighted by Gasteiger charge is 2.24. The first-order valence-corrected chi connectivity index (χ1v) is 12.3. The summed E-state index contributed by atoms with van der Waals surface area (Å²) in [6, 6.07) is 22.5. The van der Waals surface area contributed by atoms with Crippen molar-refractivity contribution in [3.63, 3.8) is 0 Å². The Balaban J connectivity index is 1.49. The van der Waals surface area contributed by atoms with E-state index >= 15 is 0 Å². The summed E-state index contributed by atoms with van der Waals surface area (Å²) in [4.78, 5) is 12.9. The van der Waals surface area contributed by atoms with Crippen molar-refractivity contribution >= 4 is 27.4 Å². The van der Waals surface area contributed by atoms with Crippen LogP contribution in [-0.2, 0) is 16.6 Å². The minimum absolute atomic E-state index is 0.0619. The molecule has 4 aromatic rings. The molecule has 0 saturated heterocycles. The molecular weight excluding hydrogens is 464 g/mol. The number of hydrogen-bond acceptors (Lipinski definition) is 5. The lowest BCUT2D eigenvalue weighted by Gasteiger charge is -2.21. The summed E-state index contributed by atoms with van der Waals surface area (Å²) in [6.45, 7) is 2.53. The Morgan fingerprint density at radius 1 is 1.00 bits per heavy atom. The van der Waals surface area contributed by atoms with Gasteiger partial charge in [-0.2, -0.15) is 5.10 Å². The van der Waals surface area contributed by atoms with E-state index in [0.29, 0.717) is 29.4 Å². The summed E-state index contributed by atoms with van der Waals surface area (Å²) >= 11 is 0. The smallest absolute Gasteiger partial charge is 0.264 e. The molecule has 0 spiro atoms. The number of sulfonamides is 1. The number of hydrogen-bond donors (Lipinski definition) is 1. The Kier molecular flexibility index (Phi) is 6.88. The maximum atomic E-state index is 13.1. The number of carbonyl (C=O) groups is 1. The van der Waals surface area contributed by atoms with Crippen molar-refractivity contribution in [2.75, 3.05) is 23.8 Å². The van der Waals surface area contributed by atoms with Crippen LogP contribution in [0.2, 0.25) is 0 Å². The van der Waals surface area contributed by atoms with E-state index in [9.17, 15) is 13.2 Å². The van der Waals surface area contributed by atoms with Crippen LogP contribution in [0.25, 0.3) is 0 Å². The fourth-order valence-electron chi connectivity index (χ4n) is 3.58. The predicted octanol–water partition coefficient (Wildman–Crippen LogP) is 4.33. The van der Waals surface area contributed by atoms with E-state index in [1.54, 1.807) is 41.2 Å². The van der Waals surface area contributed by atoms with Crippen LogP contribution in [-0.4, -0.2) is 38.3 Å². The first kappa shape index (κ1) is 24.0. The average Bonchev–Trinajstić information content (AvgIpc) is 3.31. The lowest BCUT2D eigenvalue weighted by atomic mass is 10.1. The molecule has 0 aliphatic carbocycles. The number of anilines is 2. The largest absolute Gasteiger partial charge is 0.495 e. The highest BCUT2D eigenvalue weighted by atomic mass is 32.2. The van der Waals surface area contributed by atoms with Crippen molar-refractivity contribution < 1.29 is 17.9 Å². The SMILES string of the molecule is COc1ccccc1N(C)S(=O)(=O)c1ccc(C(=O)Nc2ccnn2Cc2ccc(C)cc2)cc1. The number of methoxy groups -OCH3 is 1. The highest BCUT2D eigenvalue weighted by Crippen LogP contribution is 2.31. The molecule has 0 radical (unpaired) electrons. The Hall–Kier alpha value is -4.11. The van der Waals surface area contributed by atoms with E-state index < -0.39 is 10.0 Å². The van der Waals surface area contributed by atoms with Crippen LogP contribution in [0.1, 0.15) is 21.5 Å². The zero-order valence-electron chi connectivity index (χ0n) is 19.7. The molecule has 0 aliphatic heterocycles. The van der Waals surface area contributed by atoms with Crippen LogP contribution >= 0.6 is 0 Å². The standard InChI is InChI=1S/C26H26N4O4S/c1-19-8-10-20(11-9-19)18-30-25(16-17-27-30)28-26(31)21-12-14-22(15-13-21)35(32,33)29(2)23-6-4-5-7-24(23)34-3/h4-17H,18H2,1-3H3,(H,28,31). The van der Waals surface area contributed by atoms with Gasteiger partial charge in [-0.15, -0.1) is 0 Å². The second kappa shape index (κ2) is 10.0. The van der Waals surface area contributed by atoms with Crippen LogP contribution in [0, 0.1) is 6.92 Å². The third kappa shape index (κ3) is 5.20. The molecule has 35 heavy (non-hydrogen) atoms. The normalized spacial score (nSPS) is 11.2. The minimum atomic E-state index is -3.85. The van der Waals surface area contributed by atoms with Gasteiger partial charge in [-0.1, -0.05) is 42.0 Å². The Morgan fingerprint density at radius 3 is 2.37 bits per heavy atom. The molecule has 1 N–H and O–H groups in total. The summed E-state index contributed by atoms with van der Waals surface area (Å²) in [5.74, 6) is 0.623. The van der Waals surface area contributed by atoms with Crippen molar-refractivity contribution in [3.05, 3.63) is 102 Å². The average molecular weight is 491 g/mol. The number of aromatic nitrogens is 2. The van der Waals surface area contributed by atoms with E-state index in [0.717, 1.165) is 9.87 Å². The van der Waals surface area contributed by atoms with Gasteiger partial charge in [0.15, 0.2) is 0 Å². The number of nitrogens with one attached hydrogen (secondary N) is 1. The van der Waals surface area contributed by atoms with Gasteiger partial charge in [0, 0.05) is 18.7 Å². The van der Waals surface area contributed by atoms with Crippen LogP contribution in [0.15, 0.2) is 90.0 Å². The molecule has 180 valence electrons. The van der Waals surface area contributed by atoms with Crippen molar-refractivity contribution in [2.24, 2.45) is 0 Å². The molecule has 1 heterocycles. The fourth-order valence-corrected chi connectivity index (χ4v) is 4.78. The van der Waals surface area contributed by atoms with E-state index in [4.69, 9.17) is 4.74 Å². The van der Waals surface area contributed by atoms with E-state index in [-0.39, 0.29) is 10.8 Å². The Labute approximate surface area is 204 Å². The molecule has 9 heteroatoms. The van der Waals surface area contributed by atoms with Gasteiger partial charge in [-0.25, -0.2) is 13.1 Å². The molecule has 0 bridgehead atoms. The number of aryl methyl sites for hydroxylation is 1. The van der Waals surface area contributed by atoms with Gasteiger partial charge in [-0.3, -0.25) is 9.10 Å². The van der Waals surface area contributed by atoms with Crippen molar-refractivity contribution in [1.82, 2.24) is 9.78 Å². The number of para-hydroxylation sites is 2. The first-order valence-electron chi connectivity index (χ1n) is 10.9. The van der Waals surface area contributed by atoms with Gasteiger partial charge in [0.25, 0.3) is 15.9 Å². The van der Waals surface area contributed by atoms with E-state index in [1.807, 2.05) is 31.2 Å². The molecule has 1 amide bonds. The number of rotatable bonds is 8. The number of nitrogens with zero attached hydrogens (tertiary/aromatic N) is 3. The van der Waals surface area contributed by atoms with Gasteiger partial charge in [-0.05, 0) is 48.9 Å². The molecule has 0 saturated carbocycles. The zero-order valence-corrected chi connectivity index (χ0v) is 20.5. The maximum Gasteiger partial charge on any atom is 0.264 e. The number of benzene rings is 3. The molecule has 8 nitrogen and oxygen atoms in total. The fraction of sp³-hybridized carbons (Fsp3) is 0.154. The van der Waals surface area contributed by atoms with E-state index in [1.165, 1.54) is 44.0 Å². The lowest BCUT2D eigenvalue weighted by molar-refractivity contribution is 0.102. The summed E-state index contributed by atoms with van der Waals surface area (Å²) < 4.78 is 34.4. The van der Waals surface area contributed by atoms with Gasteiger partial charge in [0.2, 0.25) is 0 Å². The van der Waals surface area contributed by atoms with Crippen LogP contribution in [0.4, 0.5) is 11.5 Å². The van der Waals surface area contributed by atoms with Gasteiger partial charge >= 0.3 is 0 Å². The second-order valence-corrected chi connectivity index (χ2v) is 9.95. The third-order valence-electron chi connectivity index (χ3n) is 5.61. The van der Waals surface area contributed by atoms with Crippen molar-refractivity contribution in [3.8, 4) is 5.75 Å². The second-order valence-electron chi connectivity index (χ2n) is 7.98. The third-order valence-corrected chi connectivity index (χ3v) is 7.40. The highest BCUT2D eigenvalue weighted by molar-refractivity contribution is 7.92. The molecule has 3 aromatic carbocycles. The van der Waals surface area contributed by atoms with Gasteiger partial charge < -0.3 is 10.1 Å². The van der Waals surface area contributed by atoms with E-state index in [2.05, 4.69) is 10.4 Å². The molecule has 4 rings (SSSR count). The predicted molar refractivity (Wildman–Crippen MR) is 135 cm³/mol. The zero-order chi connectivity index (χ0) is 25.0. The minimum Gasteiger partial charge on any atom is -0.495 e. The Morgan fingerprint density at radius 2 is 1.69 bits per heavy atom. The summed E-state index contributed by atoms with van der Waals surface area (Å²) in [6.07, 6.45) is 1.62. The van der Waals surface area contributed by atoms with Crippen LogP contribution in [0.3, 0.4) is 0 Å².